The Morgan fingerprint density at radius 2 is 1.16 bits per heavy atom. The van der Waals surface area contributed by atoms with Gasteiger partial charge in [-0.05, 0) is 76.9 Å². The molecule has 0 fully saturated rings. The molecule has 2 aliphatic rings. The molecule has 0 aliphatic carbocycles. The van der Waals surface area contributed by atoms with E-state index in [1.54, 1.807) is 59.1 Å². The van der Waals surface area contributed by atoms with Crippen molar-refractivity contribution in [3.63, 3.8) is 0 Å². The molecule has 320 valence electrons. The molecule has 19 heteroatoms. The summed E-state index contributed by atoms with van der Waals surface area (Å²) in [7, 11) is 3.18. The molecule has 6 aromatic rings. The van der Waals surface area contributed by atoms with Gasteiger partial charge in [-0.15, -0.1) is 20.4 Å². The van der Waals surface area contributed by atoms with E-state index in [-0.39, 0.29) is 29.3 Å². The number of halogens is 4. The number of carboxylic acid groups (broad SMARTS) is 1. The molecule has 8 rings (SSSR count). The second kappa shape index (κ2) is 16.9. The summed E-state index contributed by atoms with van der Waals surface area (Å²) in [6, 6.07) is 16.9. The Balaban J connectivity index is 0.000000173. The minimum absolute atomic E-state index is 0.0276. The van der Waals surface area contributed by atoms with Crippen molar-refractivity contribution in [2.24, 2.45) is 5.73 Å². The van der Waals surface area contributed by atoms with Crippen LogP contribution in [0.25, 0.3) is 11.4 Å². The first-order valence-electron chi connectivity index (χ1n) is 18.8. The Kier molecular flexibility index (Phi) is 12.1. The van der Waals surface area contributed by atoms with Crippen molar-refractivity contribution in [3.05, 3.63) is 129 Å². The SMILES string of the molecule is COc1cccc(CN)c1.COc1cccc(CNC(=O)c2c(F)cc3c(c2F)-n2c(C)nnc2C(C)(C)N3)c1.Cc1nnc2n1-c1c(cc(F)c(C(=O)O)c1F)NC2(C)C. The van der Waals surface area contributed by atoms with Crippen LogP contribution in [0.5, 0.6) is 11.5 Å². The molecule has 0 saturated heterocycles. The Labute approximate surface area is 347 Å². The Bertz CT molecular complexity index is 2640. The number of carbonyl (C=O) groups excluding carboxylic acids is 1. The van der Waals surface area contributed by atoms with Crippen LogP contribution in [0, 0.1) is 37.1 Å². The van der Waals surface area contributed by atoms with Crippen molar-refractivity contribution < 1.29 is 41.7 Å². The molecule has 0 atom stereocenters. The average Bonchev–Trinajstić information content (AvgIpc) is 3.80. The van der Waals surface area contributed by atoms with Crippen LogP contribution >= 0.6 is 0 Å². The zero-order valence-electron chi connectivity index (χ0n) is 34.5. The summed E-state index contributed by atoms with van der Waals surface area (Å²) in [4.78, 5) is 23.7. The lowest BCUT2D eigenvalue weighted by Gasteiger charge is -2.34. The van der Waals surface area contributed by atoms with Gasteiger partial charge in [0.25, 0.3) is 5.91 Å². The average molecular weight is 845 g/mol. The highest BCUT2D eigenvalue weighted by Crippen LogP contribution is 2.41. The summed E-state index contributed by atoms with van der Waals surface area (Å²) in [5.41, 5.74) is 4.56. The molecular weight excluding hydrogens is 801 g/mol. The molecule has 2 aliphatic heterocycles. The first-order valence-corrected chi connectivity index (χ1v) is 18.8. The van der Waals surface area contributed by atoms with E-state index in [0.29, 0.717) is 35.6 Å². The maximum atomic E-state index is 15.5. The van der Waals surface area contributed by atoms with E-state index in [4.69, 9.17) is 20.3 Å². The minimum Gasteiger partial charge on any atom is -0.497 e. The molecule has 0 radical (unpaired) electrons. The standard InChI is InChI=1S/C21H21F2N5O2.C13H12F2N4O2.C8H11NO/c1-11-26-27-20-21(2,3)25-15-9-14(22)16(17(23)18(15)28(11)20)19(29)24-10-12-6-5-7-13(8-12)30-4;1-5-17-18-12-13(2,3)16-7-4-6(14)8(11(20)21)9(15)10(7)19(5)12;1-10-8-4-2-3-7(5-8)6-9/h5-9,25H,10H2,1-4H3,(H,24,29);4,16H,1-3H3,(H,20,21);2-5H,6,9H2,1H3. The molecule has 1 amide bonds. The van der Waals surface area contributed by atoms with Gasteiger partial charge in [0.05, 0.1) is 36.7 Å². The maximum absolute atomic E-state index is 15.5. The van der Waals surface area contributed by atoms with Gasteiger partial charge >= 0.3 is 5.97 Å². The van der Waals surface area contributed by atoms with Gasteiger partial charge in [-0.2, -0.15) is 0 Å². The molecule has 0 unspecified atom stereocenters. The number of carbonyl (C=O) groups is 2. The predicted molar refractivity (Wildman–Crippen MR) is 217 cm³/mol. The number of fused-ring (bicyclic) bond motifs is 6. The number of aromatic nitrogens is 6. The summed E-state index contributed by atoms with van der Waals surface area (Å²) < 4.78 is 71.7. The molecule has 2 aromatic heterocycles. The van der Waals surface area contributed by atoms with Gasteiger partial charge in [0.1, 0.15) is 57.3 Å². The quantitative estimate of drug-likeness (QED) is 0.105. The van der Waals surface area contributed by atoms with Crippen molar-refractivity contribution in [2.45, 2.75) is 65.7 Å². The highest BCUT2D eigenvalue weighted by molar-refractivity contribution is 5.96. The van der Waals surface area contributed by atoms with Gasteiger partial charge in [-0.25, -0.2) is 22.4 Å². The molecule has 6 N–H and O–H groups in total. The van der Waals surface area contributed by atoms with Gasteiger partial charge < -0.3 is 36.3 Å². The number of ether oxygens (including phenoxy) is 2. The first-order chi connectivity index (χ1) is 28.8. The second-order valence-electron chi connectivity index (χ2n) is 15.1. The summed E-state index contributed by atoms with van der Waals surface area (Å²) in [5.74, 6) is -3.50. The Morgan fingerprint density at radius 3 is 1.62 bits per heavy atom. The van der Waals surface area contributed by atoms with E-state index in [1.807, 2.05) is 38.1 Å². The molecule has 4 aromatic carbocycles. The molecule has 15 nitrogen and oxygen atoms in total. The van der Waals surface area contributed by atoms with Gasteiger partial charge in [0, 0.05) is 25.2 Å². The fraction of sp³-hybridized carbons (Fsp3) is 0.286. The smallest absolute Gasteiger partial charge is 0.341 e. The lowest BCUT2D eigenvalue weighted by atomic mass is 9.98. The number of carboxylic acids is 1. The van der Waals surface area contributed by atoms with E-state index in [0.717, 1.165) is 29.0 Å². The number of methoxy groups -OCH3 is 2. The van der Waals surface area contributed by atoms with E-state index in [9.17, 15) is 22.8 Å². The third kappa shape index (κ3) is 8.41. The van der Waals surface area contributed by atoms with Gasteiger partial charge in [-0.1, -0.05) is 24.3 Å². The normalized spacial score (nSPS) is 13.5. The summed E-state index contributed by atoms with van der Waals surface area (Å²) in [6.45, 7) is 11.2. The number of hydrogen-bond acceptors (Lipinski definition) is 11. The fourth-order valence-electron chi connectivity index (χ4n) is 6.96. The number of nitrogens with one attached hydrogen (secondary N) is 3. The van der Waals surface area contributed by atoms with Gasteiger partial charge in [-0.3, -0.25) is 13.9 Å². The number of rotatable bonds is 7. The largest absolute Gasteiger partial charge is 0.497 e. The summed E-state index contributed by atoms with van der Waals surface area (Å²) in [5, 5.41) is 33.6. The highest BCUT2D eigenvalue weighted by atomic mass is 19.1. The number of hydrogen-bond donors (Lipinski definition) is 5. The van der Waals surface area contributed by atoms with Crippen LogP contribution < -0.4 is 31.2 Å². The Morgan fingerprint density at radius 1 is 0.721 bits per heavy atom. The third-order valence-electron chi connectivity index (χ3n) is 9.89. The predicted octanol–water partition coefficient (Wildman–Crippen LogP) is 6.82. The molecule has 4 heterocycles. The van der Waals surface area contributed by atoms with Gasteiger partial charge in [0.15, 0.2) is 23.3 Å². The van der Waals surface area contributed by atoms with Crippen LogP contribution in [0.15, 0.2) is 60.7 Å². The first kappa shape index (κ1) is 43.6. The van der Waals surface area contributed by atoms with Crippen LogP contribution in [-0.4, -0.2) is 60.7 Å². The summed E-state index contributed by atoms with van der Waals surface area (Å²) >= 11 is 0. The van der Waals surface area contributed by atoms with Gasteiger partial charge in [0.2, 0.25) is 0 Å². The van der Waals surface area contributed by atoms with Crippen LogP contribution in [0.4, 0.5) is 28.9 Å². The fourth-order valence-corrected chi connectivity index (χ4v) is 6.96. The number of amides is 1. The number of aryl methyl sites for hydroxylation is 2. The molecule has 0 spiro atoms. The van der Waals surface area contributed by atoms with E-state index < -0.39 is 57.4 Å². The monoisotopic (exact) mass is 844 g/mol. The van der Waals surface area contributed by atoms with Crippen LogP contribution in [0.3, 0.4) is 0 Å². The van der Waals surface area contributed by atoms with Crippen molar-refractivity contribution in [1.29, 1.82) is 0 Å². The van der Waals surface area contributed by atoms with Crippen molar-refractivity contribution in [1.82, 2.24) is 34.8 Å². The van der Waals surface area contributed by atoms with Crippen molar-refractivity contribution in [2.75, 3.05) is 24.9 Å². The number of aromatic carboxylic acids is 1. The molecule has 0 saturated carbocycles. The topological polar surface area (TPSA) is 196 Å². The lowest BCUT2D eigenvalue weighted by Crippen LogP contribution is -2.37. The molecule has 61 heavy (non-hydrogen) atoms. The van der Waals surface area contributed by atoms with E-state index >= 15 is 4.39 Å². The number of nitrogens with zero attached hydrogens (tertiary/aromatic N) is 6. The number of benzene rings is 4. The summed E-state index contributed by atoms with van der Waals surface area (Å²) in [6.07, 6.45) is 0. The molecule has 0 bridgehead atoms. The number of nitrogens with two attached hydrogens (primary N) is 1. The van der Waals surface area contributed by atoms with Crippen molar-refractivity contribution >= 4 is 23.3 Å². The third-order valence-corrected chi connectivity index (χ3v) is 9.89. The van der Waals surface area contributed by atoms with Crippen molar-refractivity contribution in [3.8, 4) is 22.9 Å². The Hall–Kier alpha value is -7.02. The van der Waals surface area contributed by atoms with Crippen LogP contribution in [-0.2, 0) is 24.2 Å². The number of anilines is 2. The maximum Gasteiger partial charge on any atom is 0.341 e. The molecular formula is C42H44F4N10O5. The van der Waals surface area contributed by atoms with Crippen LogP contribution in [0.1, 0.15) is 82.8 Å². The lowest BCUT2D eigenvalue weighted by molar-refractivity contribution is 0.0686. The van der Waals surface area contributed by atoms with Crippen LogP contribution in [0.2, 0.25) is 0 Å². The second-order valence-corrected chi connectivity index (χ2v) is 15.1. The minimum atomic E-state index is -1.66. The van der Waals surface area contributed by atoms with E-state index in [1.165, 1.54) is 16.2 Å². The zero-order chi connectivity index (χ0) is 44.6. The zero-order valence-corrected chi connectivity index (χ0v) is 34.5. The van der Waals surface area contributed by atoms with E-state index in [2.05, 4.69) is 36.3 Å². The highest BCUT2D eigenvalue weighted by Gasteiger charge is 2.39.